The maximum absolute atomic E-state index is 11.1. The van der Waals surface area contributed by atoms with Crippen molar-refractivity contribution in [1.29, 1.82) is 0 Å². The van der Waals surface area contributed by atoms with E-state index in [1.54, 1.807) is 24.3 Å². The first-order valence-corrected chi connectivity index (χ1v) is 4.78. The molecule has 0 unspecified atom stereocenters. The summed E-state index contributed by atoms with van der Waals surface area (Å²) in [6.07, 6.45) is 0. The predicted molar refractivity (Wildman–Crippen MR) is 62.4 cm³/mol. The van der Waals surface area contributed by atoms with Gasteiger partial charge >= 0.3 is 11.3 Å². The Morgan fingerprint density at radius 1 is 1.39 bits per heavy atom. The van der Waals surface area contributed by atoms with Gasteiger partial charge in [0.25, 0.3) is 5.97 Å². The lowest BCUT2D eigenvalue weighted by molar-refractivity contribution is -0.387. The molecule has 0 atom stereocenters. The third-order valence-electron chi connectivity index (χ3n) is 1.82. The van der Waals surface area contributed by atoms with Crippen LogP contribution in [0.25, 0.3) is 11.0 Å². The molecule has 0 fully saturated rings. The van der Waals surface area contributed by atoms with E-state index in [-0.39, 0.29) is 0 Å². The molecule has 1 N–H and O–H groups in total. The number of fused-ring (bicyclic) bond motifs is 1. The maximum atomic E-state index is 11.1. The Hall–Kier alpha value is -2.70. The van der Waals surface area contributed by atoms with E-state index < -0.39 is 22.2 Å². The number of carboxylic acid groups (broad SMARTS) is 1. The van der Waals surface area contributed by atoms with Gasteiger partial charge in [-0.3, -0.25) is 14.9 Å². The average molecular weight is 251 g/mol. The zero-order valence-electron chi connectivity index (χ0n) is 9.32. The van der Waals surface area contributed by atoms with Gasteiger partial charge in [0.1, 0.15) is 5.58 Å². The van der Waals surface area contributed by atoms with Crippen LogP contribution in [0.15, 0.2) is 39.5 Å². The van der Waals surface area contributed by atoms with Gasteiger partial charge in [0.2, 0.25) is 0 Å². The van der Waals surface area contributed by atoms with Gasteiger partial charge in [-0.25, -0.2) is 4.79 Å². The summed E-state index contributed by atoms with van der Waals surface area (Å²) >= 11 is 0. The zero-order valence-corrected chi connectivity index (χ0v) is 9.32. The Labute approximate surface area is 100 Å². The SMILES string of the molecule is CC(=O)O.O=c1oc2ccccc2cc1[N+](=O)[O-]. The molecule has 0 amide bonds. The van der Waals surface area contributed by atoms with E-state index >= 15 is 0 Å². The summed E-state index contributed by atoms with van der Waals surface area (Å²) in [4.78, 5) is 29.7. The number of para-hydroxylation sites is 1. The standard InChI is InChI=1S/C9H5NO4.C2H4O2/c11-9-7(10(12)13)5-6-3-1-2-4-8(6)14-9;1-2(3)4/h1-5H;1H3,(H,3,4). The molecule has 2 aromatic rings. The molecule has 7 nitrogen and oxygen atoms in total. The van der Waals surface area contributed by atoms with Crippen molar-refractivity contribution in [1.82, 2.24) is 0 Å². The van der Waals surface area contributed by atoms with E-state index in [0.29, 0.717) is 11.0 Å². The average Bonchev–Trinajstić information content (AvgIpc) is 2.27. The fraction of sp³-hybridized carbons (Fsp3) is 0.0909. The molecule has 0 aliphatic heterocycles. The molecular weight excluding hydrogens is 242 g/mol. The van der Waals surface area contributed by atoms with Gasteiger partial charge in [0.05, 0.1) is 4.92 Å². The Morgan fingerprint density at radius 3 is 2.50 bits per heavy atom. The van der Waals surface area contributed by atoms with E-state index in [0.717, 1.165) is 6.92 Å². The largest absolute Gasteiger partial charge is 0.481 e. The van der Waals surface area contributed by atoms with Gasteiger partial charge in [-0.2, -0.15) is 0 Å². The molecule has 1 aromatic heterocycles. The number of hydrogen-bond acceptors (Lipinski definition) is 5. The first-order chi connectivity index (χ1) is 8.41. The van der Waals surface area contributed by atoms with Crippen LogP contribution in [0, 0.1) is 10.1 Å². The zero-order chi connectivity index (χ0) is 13.7. The van der Waals surface area contributed by atoms with Gasteiger partial charge in [0.15, 0.2) is 0 Å². The number of aliphatic carboxylic acids is 1. The lowest BCUT2D eigenvalue weighted by atomic mass is 10.2. The fourth-order valence-electron chi connectivity index (χ4n) is 1.18. The molecule has 0 radical (unpaired) electrons. The summed E-state index contributed by atoms with van der Waals surface area (Å²) < 4.78 is 4.76. The van der Waals surface area contributed by atoms with Crippen LogP contribution in [0.1, 0.15) is 6.92 Å². The monoisotopic (exact) mass is 251 g/mol. The minimum Gasteiger partial charge on any atom is -0.481 e. The highest BCUT2D eigenvalue weighted by atomic mass is 16.6. The molecular formula is C11H9NO6. The smallest absolute Gasteiger partial charge is 0.415 e. The summed E-state index contributed by atoms with van der Waals surface area (Å²) in [6, 6.07) is 7.84. The summed E-state index contributed by atoms with van der Waals surface area (Å²) in [6.45, 7) is 1.08. The lowest BCUT2D eigenvalue weighted by Crippen LogP contribution is -2.05. The highest BCUT2D eigenvalue weighted by Gasteiger charge is 2.14. The minimum atomic E-state index is -0.923. The Kier molecular flexibility index (Phi) is 4.14. The normalized spacial score (nSPS) is 9.39. The minimum absolute atomic E-state index is 0.350. The van der Waals surface area contributed by atoms with Crippen molar-refractivity contribution < 1.29 is 19.2 Å². The van der Waals surface area contributed by atoms with E-state index in [9.17, 15) is 14.9 Å². The van der Waals surface area contributed by atoms with Gasteiger partial charge in [-0.15, -0.1) is 0 Å². The van der Waals surface area contributed by atoms with E-state index in [2.05, 4.69) is 0 Å². The van der Waals surface area contributed by atoms with Crippen molar-refractivity contribution in [3.05, 3.63) is 50.9 Å². The van der Waals surface area contributed by atoms with E-state index in [1.165, 1.54) is 6.07 Å². The molecule has 0 aliphatic rings. The van der Waals surface area contributed by atoms with Crippen LogP contribution >= 0.6 is 0 Å². The molecule has 7 heteroatoms. The second kappa shape index (κ2) is 5.58. The van der Waals surface area contributed by atoms with E-state index in [1.807, 2.05) is 0 Å². The molecule has 0 aliphatic carbocycles. The van der Waals surface area contributed by atoms with Crippen molar-refractivity contribution in [3.63, 3.8) is 0 Å². The van der Waals surface area contributed by atoms with Gasteiger partial charge in [-0.05, 0) is 6.07 Å². The van der Waals surface area contributed by atoms with Gasteiger partial charge in [-0.1, -0.05) is 18.2 Å². The third-order valence-corrected chi connectivity index (χ3v) is 1.82. The van der Waals surface area contributed by atoms with E-state index in [4.69, 9.17) is 14.3 Å². The van der Waals surface area contributed by atoms with Crippen molar-refractivity contribution >= 4 is 22.6 Å². The quantitative estimate of drug-likeness (QED) is 0.470. The molecule has 94 valence electrons. The Morgan fingerprint density at radius 2 is 1.94 bits per heavy atom. The van der Waals surface area contributed by atoms with Gasteiger partial charge in [0, 0.05) is 18.4 Å². The predicted octanol–water partition coefficient (Wildman–Crippen LogP) is 1.79. The number of nitro groups is 1. The van der Waals surface area contributed by atoms with Crippen LogP contribution in [-0.2, 0) is 4.79 Å². The Balaban J connectivity index is 0.000000357. The van der Waals surface area contributed by atoms with Crippen LogP contribution in [-0.4, -0.2) is 16.0 Å². The molecule has 1 aromatic carbocycles. The lowest BCUT2D eigenvalue weighted by Gasteiger charge is -1.94. The topological polar surface area (TPSA) is 111 Å². The molecule has 0 saturated heterocycles. The van der Waals surface area contributed by atoms with Gasteiger partial charge < -0.3 is 9.52 Å². The molecule has 2 rings (SSSR count). The summed E-state index contributed by atoms with van der Waals surface area (Å²) in [5.41, 5.74) is -1.11. The highest BCUT2D eigenvalue weighted by molar-refractivity contribution is 5.78. The van der Waals surface area contributed by atoms with Crippen molar-refractivity contribution in [2.24, 2.45) is 0 Å². The second-order valence-electron chi connectivity index (χ2n) is 3.23. The Bertz CT molecular complexity index is 641. The van der Waals surface area contributed by atoms with Crippen molar-refractivity contribution in [2.45, 2.75) is 6.92 Å². The number of carboxylic acids is 1. The highest BCUT2D eigenvalue weighted by Crippen LogP contribution is 2.15. The number of hydrogen-bond donors (Lipinski definition) is 1. The molecule has 18 heavy (non-hydrogen) atoms. The van der Waals surface area contributed by atoms with Crippen LogP contribution in [0.4, 0.5) is 5.69 Å². The maximum Gasteiger partial charge on any atom is 0.415 e. The third kappa shape index (κ3) is 3.41. The number of nitrogens with zero attached hydrogens (tertiary/aromatic N) is 1. The van der Waals surface area contributed by atoms with Crippen LogP contribution in [0.2, 0.25) is 0 Å². The molecule has 0 saturated carbocycles. The van der Waals surface area contributed by atoms with Crippen LogP contribution < -0.4 is 5.63 Å². The first-order valence-electron chi connectivity index (χ1n) is 4.78. The first kappa shape index (κ1) is 13.4. The van der Waals surface area contributed by atoms with Crippen molar-refractivity contribution in [2.75, 3.05) is 0 Å². The second-order valence-corrected chi connectivity index (χ2v) is 3.23. The summed E-state index contributed by atoms with van der Waals surface area (Å²) in [7, 11) is 0. The molecule has 1 heterocycles. The van der Waals surface area contributed by atoms with Crippen LogP contribution in [0.5, 0.6) is 0 Å². The summed E-state index contributed by atoms with van der Waals surface area (Å²) in [5.74, 6) is -0.833. The van der Waals surface area contributed by atoms with Crippen molar-refractivity contribution in [3.8, 4) is 0 Å². The summed E-state index contributed by atoms with van der Waals surface area (Å²) in [5, 5.41) is 18.4. The number of rotatable bonds is 1. The molecule has 0 bridgehead atoms. The fourth-order valence-corrected chi connectivity index (χ4v) is 1.18. The van der Waals surface area contributed by atoms with Crippen LogP contribution in [0.3, 0.4) is 0 Å². The molecule has 0 spiro atoms. The number of carbonyl (C=O) groups is 1. The number of benzene rings is 1.